The number of aryl methyl sites for hydroxylation is 1. The van der Waals surface area contributed by atoms with E-state index in [-0.39, 0.29) is 5.69 Å². The summed E-state index contributed by atoms with van der Waals surface area (Å²) in [7, 11) is 0. The predicted octanol–water partition coefficient (Wildman–Crippen LogP) is 6.68. The number of rotatable bonds is 5. The first kappa shape index (κ1) is 22.8. The summed E-state index contributed by atoms with van der Waals surface area (Å²) >= 11 is 7.07. The van der Waals surface area contributed by atoms with Crippen molar-refractivity contribution in [3.8, 4) is 0 Å². The Bertz CT molecular complexity index is 1400. The van der Waals surface area contributed by atoms with Crippen LogP contribution in [0.4, 0.5) is 11.4 Å². The monoisotopic (exact) mass is 565 g/mol. The van der Waals surface area contributed by atoms with Crippen LogP contribution >= 0.6 is 31.9 Å². The lowest BCUT2D eigenvalue weighted by atomic mass is 10.2. The number of pyridine rings is 1. The number of nitrogens with zero attached hydrogens (tertiary/aromatic N) is 4. The Labute approximate surface area is 206 Å². The number of fused-ring (bicyclic) bond motifs is 1. The third-order valence-corrected chi connectivity index (χ3v) is 5.81. The molecule has 0 unspecified atom stereocenters. The molecule has 0 saturated carbocycles. The summed E-state index contributed by atoms with van der Waals surface area (Å²) in [5.41, 5.74) is 6.69. The van der Waals surface area contributed by atoms with Crippen molar-refractivity contribution in [3.63, 3.8) is 0 Å². The van der Waals surface area contributed by atoms with Crippen molar-refractivity contribution in [2.45, 2.75) is 6.92 Å². The second kappa shape index (κ2) is 10.0. The average Bonchev–Trinajstić information content (AvgIpc) is 2.80. The number of nitro benzene ring substituents is 1. The lowest BCUT2D eigenvalue weighted by Crippen LogP contribution is -2.20. The first-order chi connectivity index (χ1) is 15.9. The van der Waals surface area contributed by atoms with Gasteiger partial charge in [0.05, 0.1) is 22.3 Å². The number of non-ortho nitro benzene ring substituents is 1. The van der Waals surface area contributed by atoms with Gasteiger partial charge in [0, 0.05) is 32.0 Å². The van der Waals surface area contributed by atoms with Crippen molar-refractivity contribution >= 4 is 66.2 Å². The summed E-state index contributed by atoms with van der Waals surface area (Å²) in [6.45, 7) is 1.96. The van der Waals surface area contributed by atoms with Crippen molar-refractivity contribution in [3.05, 3.63) is 109 Å². The van der Waals surface area contributed by atoms with Gasteiger partial charge in [0.1, 0.15) is 5.69 Å². The topological polar surface area (TPSA) is 92.8 Å². The van der Waals surface area contributed by atoms with E-state index in [1.165, 1.54) is 18.3 Å². The van der Waals surface area contributed by atoms with E-state index in [0.717, 1.165) is 31.1 Å². The van der Waals surface area contributed by atoms with Gasteiger partial charge < -0.3 is 0 Å². The molecule has 0 fully saturated rings. The molecule has 3 aromatic carbocycles. The molecule has 7 nitrogen and oxygen atoms in total. The summed E-state index contributed by atoms with van der Waals surface area (Å²) in [5, 5.41) is 16.3. The highest BCUT2D eigenvalue weighted by Crippen LogP contribution is 2.33. The van der Waals surface area contributed by atoms with Crippen molar-refractivity contribution in [2.75, 3.05) is 0 Å². The molecule has 4 rings (SSSR count). The first-order valence-corrected chi connectivity index (χ1v) is 11.4. The maximum Gasteiger partial charge on any atom is 0.270 e. The summed E-state index contributed by atoms with van der Waals surface area (Å²) in [6, 6.07) is 21.8. The number of nitro groups is 1. The smallest absolute Gasteiger partial charge is 0.260 e. The Hall–Kier alpha value is -3.43. The van der Waals surface area contributed by atoms with Crippen LogP contribution in [0.1, 0.15) is 16.8 Å². The number of hydrazone groups is 1. The zero-order chi connectivity index (χ0) is 23.4. The molecule has 164 valence electrons. The van der Waals surface area contributed by atoms with Crippen LogP contribution in [-0.2, 0) is 0 Å². The van der Waals surface area contributed by atoms with Gasteiger partial charge in [0.15, 0.2) is 5.84 Å². The second-order valence-corrected chi connectivity index (χ2v) is 8.89. The van der Waals surface area contributed by atoms with Gasteiger partial charge in [-0.3, -0.25) is 15.5 Å². The fourth-order valence-corrected chi connectivity index (χ4v) is 4.70. The largest absolute Gasteiger partial charge is 0.270 e. The molecule has 33 heavy (non-hydrogen) atoms. The maximum atomic E-state index is 11.0. The number of para-hydroxylation sites is 1. The first-order valence-electron chi connectivity index (χ1n) is 9.85. The van der Waals surface area contributed by atoms with E-state index >= 15 is 0 Å². The van der Waals surface area contributed by atoms with E-state index in [2.05, 4.69) is 42.4 Å². The Kier molecular flexibility index (Phi) is 6.90. The predicted molar refractivity (Wildman–Crippen MR) is 138 cm³/mol. The molecule has 1 aromatic heterocycles. The molecule has 0 aliphatic rings. The normalized spacial score (nSPS) is 11.8. The number of halogens is 2. The maximum absolute atomic E-state index is 11.0. The van der Waals surface area contributed by atoms with E-state index in [1.54, 1.807) is 12.1 Å². The summed E-state index contributed by atoms with van der Waals surface area (Å²) in [6.07, 6.45) is 1.51. The third kappa shape index (κ3) is 5.50. The van der Waals surface area contributed by atoms with Crippen molar-refractivity contribution < 1.29 is 4.92 Å². The second-order valence-electron chi connectivity index (χ2n) is 7.12. The van der Waals surface area contributed by atoms with Crippen LogP contribution in [-0.4, -0.2) is 22.0 Å². The van der Waals surface area contributed by atoms with Gasteiger partial charge in [-0.15, -0.1) is 0 Å². The fourth-order valence-electron chi connectivity index (χ4n) is 3.17. The minimum absolute atomic E-state index is 0.00143. The van der Waals surface area contributed by atoms with Crippen molar-refractivity contribution in [1.29, 1.82) is 0 Å². The van der Waals surface area contributed by atoms with Gasteiger partial charge in [-0.1, -0.05) is 52.3 Å². The van der Waals surface area contributed by atoms with E-state index in [1.807, 2.05) is 55.5 Å². The molecule has 0 amide bonds. The van der Waals surface area contributed by atoms with Crippen LogP contribution in [0.15, 0.2) is 91.8 Å². The standard InChI is InChI=1S/C24H17Br2N5O2/c1-15-11-18(25)13-20(26)23(15)29-24(22-10-9-17-6-2-3-8-21(17)28-22)30-27-14-16-5-4-7-19(12-16)31(32)33/h2-14H,1H3,(H,29,30). The van der Waals surface area contributed by atoms with Crippen molar-refractivity contribution in [2.24, 2.45) is 10.1 Å². The van der Waals surface area contributed by atoms with E-state index in [9.17, 15) is 10.1 Å². The Morgan fingerprint density at radius 3 is 2.67 bits per heavy atom. The molecule has 0 aliphatic carbocycles. The molecule has 1 heterocycles. The van der Waals surface area contributed by atoms with Crippen LogP contribution in [0.5, 0.6) is 0 Å². The molecule has 9 heteroatoms. The number of amidine groups is 1. The molecule has 0 saturated heterocycles. The molecule has 0 bridgehead atoms. The van der Waals surface area contributed by atoms with E-state index in [4.69, 9.17) is 9.98 Å². The fraction of sp³-hybridized carbons (Fsp3) is 0.0417. The van der Waals surface area contributed by atoms with Gasteiger partial charge in [0.25, 0.3) is 5.69 Å². The zero-order valence-corrected chi connectivity index (χ0v) is 20.5. The number of hydrogen-bond acceptors (Lipinski definition) is 5. The molecule has 0 radical (unpaired) electrons. The lowest BCUT2D eigenvalue weighted by molar-refractivity contribution is -0.384. The van der Waals surface area contributed by atoms with E-state index < -0.39 is 4.92 Å². The minimum atomic E-state index is -0.440. The SMILES string of the molecule is Cc1cc(Br)cc(Br)c1N=C(NN=Cc1cccc([N+](=O)[O-])c1)c1ccc2ccccc2n1. The molecule has 4 aromatic rings. The van der Waals surface area contributed by atoms with Crippen LogP contribution in [0.3, 0.4) is 0 Å². The van der Waals surface area contributed by atoms with Gasteiger partial charge in [-0.2, -0.15) is 5.10 Å². The van der Waals surface area contributed by atoms with Crippen molar-refractivity contribution in [1.82, 2.24) is 10.4 Å². The van der Waals surface area contributed by atoms with Gasteiger partial charge in [-0.05, 0) is 52.7 Å². The average molecular weight is 567 g/mol. The number of benzene rings is 3. The van der Waals surface area contributed by atoms with Crippen LogP contribution in [0.2, 0.25) is 0 Å². The Balaban J connectivity index is 1.74. The quantitative estimate of drug-likeness (QED) is 0.126. The van der Waals surface area contributed by atoms with Crippen LogP contribution < -0.4 is 5.43 Å². The molecular formula is C24H17Br2N5O2. The Morgan fingerprint density at radius 2 is 1.88 bits per heavy atom. The summed E-state index contributed by atoms with van der Waals surface area (Å²) < 4.78 is 1.75. The zero-order valence-electron chi connectivity index (χ0n) is 17.4. The van der Waals surface area contributed by atoms with Gasteiger partial charge in [0.2, 0.25) is 0 Å². The number of aromatic nitrogens is 1. The number of hydrogen-bond donors (Lipinski definition) is 1. The van der Waals surface area contributed by atoms with Crippen LogP contribution in [0, 0.1) is 17.0 Å². The highest BCUT2D eigenvalue weighted by Gasteiger charge is 2.11. The third-order valence-electron chi connectivity index (χ3n) is 4.75. The number of nitrogens with one attached hydrogen (secondary N) is 1. The number of aliphatic imine (C=N–C) groups is 1. The molecule has 1 N–H and O–H groups in total. The molecular weight excluding hydrogens is 550 g/mol. The minimum Gasteiger partial charge on any atom is -0.260 e. The van der Waals surface area contributed by atoms with E-state index in [0.29, 0.717) is 17.1 Å². The molecule has 0 atom stereocenters. The summed E-state index contributed by atoms with van der Waals surface area (Å²) in [5.74, 6) is 0.438. The molecule has 0 aliphatic heterocycles. The highest BCUT2D eigenvalue weighted by molar-refractivity contribution is 9.11. The van der Waals surface area contributed by atoms with Gasteiger partial charge in [-0.25, -0.2) is 9.98 Å². The molecule has 0 spiro atoms. The lowest BCUT2D eigenvalue weighted by Gasteiger charge is -2.10. The summed E-state index contributed by atoms with van der Waals surface area (Å²) in [4.78, 5) is 20.1. The van der Waals surface area contributed by atoms with Gasteiger partial charge >= 0.3 is 0 Å². The Morgan fingerprint density at radius 1 is 1.06 bits per heavy atom. The van der Waals surface area contributed by atoms with Crippen LogP contribution in [0.25, 0.3) is 10.9 Å². The highest BCUT2D eigenvalue weighted by atomic mass is 79.9.